The average molecular weight is 780 g/mol. The van der Waals surface area contributed by atoms with Crippen molar-refractivity contribution in [2.75, 3.05) is 6.61 Å². The first-order valence-corrected chi connectivity index (χ1v) is 18.5. The van der Waals surface area contributed by atoms with E-state index in [-0.39, 0.29) is 18.8 Å². The highest BCUT2D eigenvalue weighted by atomic mass is 16.4. The lowest BCUT2D eigenvalue weighted by Crippen LogP contribution is -2.61. The molecule has 3 rings (SSSR count). The van der Waals surface area contributed by atoms with Gasteiger partial charge in [-0.25, -0.2) is 4.79 Å². The van der Waals surface area contributed by atoms with E-state index >= 15 is 0 Å². The number of aromatic amines is 1. The van der Waals surface area contributed by atoms with Gasteiger partial charge in [-0.15, -0.1) is 0 Å². The van der Waals surface area contributed by atoms with Crippen molar-refractivity contribution in [3.05, 3.63) is 71.9 Å². The SMILES string of the molecule is CC[C@H](C)[C@H](NC(=O)[C@H](Cc1ccccc1)NC(=O)[C@H](CO)NC(=O)[C@@H](N)C(C)C)C(=O)N[C@@H](Cc1c[nH]c2ccccc12)C(=O)N[C@@H](CCC(=O)O)C(=O)O. The number of para-hydroxylation sites is 1. The molecule has 0 saturated heterocycles. The molecular weight excluding hydrogens is 726 g/mol. The Balaban J connectivity index is 1.92. The minimum absolute atomic E-state index is 0.0383. The van der Waals surface area contributed by atoms with E-state index < -0.39 is 103 Å². The molecule has 0 unspecified atom stereocenters. The predicted octanol–water partition coefficient (Wildman–Crippen LogP) is 0.348. The van der Waals surface area contributed by atoms with E-state index in [0.717, 1.165) is 10.9 Å². The molecule has 304 valence electrons. The van der Waals surface area contributed by atoms with E-state index in [1.54, 1.807) is 76.4 Å². The van der Waals surface area contributed by atoms with Gasteiger partial charge in [-0.05, 0) is 35.4 Å². The molecule has 17 heteroatoms. The molecule has 7 atom stereocenters. The lowest BCUT2D eigenvalue weighted by molar-refractivity contribution is -0.143. The Morgan fingerprint density at radius 1 is 0.696 bits per heavy atom. The van der Waals surface area contributed by atoms with Crippen LogP contribution in [0.3, 0.4) is 0 Å². The van der Waals surface area contributed by atoms with Crippen LogP contribution in [0.5, 0.6) is 0 Å². The van der Waals surface area contributed by atoms with Gasteiger partial charge < -0.3 is 52.6 Å². The quantitative estimate of drug-likeness (QED) is 0.0664. The molecule has 5 amide bonds. The number of benzene rings is 2. The number of carboxylic acids is 2. The maximum atomic E-state index is 14.1. The van der Waals surface area contributed by atoms with Crippen LogP contribution in [0.4, 0.5) is 0 Å². The summed E-state index contributed by atoms with van der Waals surface area (Å²) in [7, 11) is 0. The summed E-state index contributed by atoms with van der Waals surface area (Å²) >= 11 is 0. The fourth-order valence-corrected chi connectivity index (χ4v) is 5.84. The number of carbonyl (C=O) groups is 7. The lowest BCUT2D eigenvalue weighted by Gasteiger charge is -2.29. The molecule has 0 radical (unpaired) electrons. The summed E-state index contributed by atoms with van der Waals surface area (Å²) in [4.78, 5) is 94.1. The summed E-state index contributed by atoms with van der Waals surface area (Å²) < 4.78 is 0. The number of carboxylic acid groups (broad SMARTS) is 2. The van der Waals surface area contributed by atoms with Crippen LogP contribution in [-0.4, -0.2) is 105 Å². The topological polar surface area (TPSA) is 282 Å². The first kappa shape index (κ1) is 44.6. The summed E-state index contributed by atoms with van der Waals surface area (Å²) in [5.74, 6) is -7.49. The van der Waals surface area contributed by atoms with E-state index in [4.69, 9.17) is 10.8 Å². The van der Waals surface area contributed by atoms with Crippen LogP contribution < -0.4 is 32.3 Å². The Bertz CT molecular complexity index is 1830. The molecule has 0 aliphatic heterocycles. The number of rotatable bonds is 22. The van der Waals surface area contributed by atoms with Gasteiger partial charge in [0.05, 0.1) is 12.6 Å². The molecule has 0 saturated carbocycles. The van der Waals surface area contributed by atoms with Gasteiger partial charge in [0.1, 0.15) is 30.2 Å². The van der Waals surface area contributed by atoms with E-state index in [1.807, 2.05) is 12.1 Å². The first-order valence-electron chi connectivity index (χ1n) is 18.5. The molecule has 1 aromatic heterocycles. The van der Waals surface area contributed by atoms with Gasteiger partial charge in [0.25, 0.3) is 0 Å². The van der Waals surface area contributed by atoms with Crippen molar-refractivity contribution < 1.29 is 48.9 Å². The van der Waals surface area contributed by atoms with Crippen molar-refractivity contribution >= 4 is 52.4 Å². The number of nitrogens with one attached hydrogen (secondary N) is 6. The number of carbonyl (C=O) groups excluding carboxylic acids is 5. The van der Waals surface area contributed by atoms with Gasteiger partial charge in [0, 0.05) is 36.4 Å². The first-order chi connectivity index (χ1) is 26.6. The van der Waals surface area contributed by atoms with Crippen LogP contribution in [0.1, 0.15) is 58.1 Å². The van der Waals surface area contributed by atoms with Gasteiger partial charge in [-0.1, -0.05) is 82.6 Å². The lowest BCUT2D eigenvalue weighted by atomic mass is 9.96. The maximum Gasteiger partial charge on any atom is 0.326 e. The number of aliphatic hydroxyl groups excluding tert-OH is 1. The molecule has 0 spiro atoms. The molecule has 2 aromatic carbocycles. The maximum absolute atomic E-state index is 14.1. The molecule has 56 heavy (non-hydrogen) atoms. The third-order valence-corrected chi connectivity index (χ3v) is 9.54. The van der Waals surface area contributed by atoms with Crippen LogP contribution in [0.25, 0.3) is 10.9 Å². The van der Waals surface area contributed by atoms with Crippen molar-refractivity contribution in [2.45, 2.75) is 96.1 Å². The molecule has 11 N–H and O–H groups in total. The Morgan fingerprint density at radius 2 is 1.25 bits per heavy atom. The zero-order valence-corrected chi connectivity index (χ0v) is 31.9. The van der Waals surface area contributed by atoms with Gasteiger partial charge >= 0.3 is 11.9 Å². The van der Waals surface area contributed by atoms with Crippen LogP contribution >= 0.6 is 0 Å². The number of hydrogen-bond donors (Lipinski definition) is 10. The highest BCUT2D eigenvalue weighted by molar-refractivity contribution is 5.97. The number of H-pyrrole nitrogens is 1. The van der Waals surface area contributed by atoms with Crippen LogP contribution in [0.2, 0.25) is 0 Å². The Labute approximate surface area is 324 Å². The van der Waals surface area contributed by atoms with Gasteiger partial charge in [-0.3, -0.25) is 28.8 Å². The summed E-state index contributed by atoms with van der Waals surface area (Å²) in [6, 6.07) is 8.01. The fraction of sp³-hybridized carbons (Fsp3) is 0.462. The molecule has 17 nitrogen and oxygen atoms in total. The molecule has 3 aromatic rings. The molecule has 0 aliphatic carbocycles. The summed E-state index contributed by atoms with van der Waals surface area (Å²) in [5.41, 5.74) is 7.93. The molecule has 0 fully saturated rings. The van der Waals surface area contributed by atoms with Crippen molar-refractivity contribution in [3.8, 4) is 0 Å². The fourth-order valence-electron chi connectivity index (χ4n) is 5.84. The minimum atomic E-state index is -1.57. The van der Waals surface area contributed by atoms with Gasteiger partial charge in [0.2, 0.25) is 29.5 Å². The van der Waals surface area contributed by atoms with E-state index in [1.165, 1.54) is 0 Å². The summed E-state index contributed by atoms with van der Waals surface area (Å²) in [6.07, 6.45) is 0.961. The van der Waals surface area contributed by atoms with Crippen LogP contribution in [0, 0.1) is 11.8 Å². The largest absolute Gasteiger partial charge is 0.481 e. The van der Waals surface area contributed by atoms with Crippen molar-refractivity contribution in [3.63, 3.8) is 0 Å². The number of fused-ring (bicyclic) bond motifs is 1. The van der Waals surface area contributed by atoms with Crippen molar-refractivity contribution in [1.82, 2.24) is 31.6 Å². The summed E-state index contributed by atoms with van der Waals surface area (Å²) in [6.45, 7) is 6.13. The highest BCUT2D eigenvalue weighted by Crippen LogP contribution is 2.20. The summed E-state index contributed by atoms with van der Waals surface area (Å²) in [5, 5.41) is 42.3. The smallest absolute Gasteiger partial charge is 0.326 e. The Kier molecular flexibility index (Phi) is 17.0. The number of nitrogens with two attached hydrogens (primary N) is 1. The second kappa shape index (κ2) is 21.3. The zero-order chi connectivity index (χ0) is 41.5. The number of aliphatic hydroxyl groups is 1. The van der Waals surface area contributed by atoms with E-state index in [9.17, 15) is 43.8 Å². The van der Waals surface area contributed by atoms with Gasteiger partial charge in [0.15, 0.2) is 0 Å². The minimum Gasteiger partial charge on any atom is -0.481 e. The van der Waals surface area contributed by atoms with E-state index in [0.29, 0.717) is 17.5 Å². The van der Waals surface area contributed by atoms with Gasteiger partial charge in [-0.2, -0.15) is 0 Å². The van der Waals surface area contributed by atoms with Crippen molar-refractivity contribution in [2.24, 2.45) is 17.6 Å². The standard InChI is InChI=1S/C39H53N7O10/c1-5-22(4)33(46-35(51)28(17-23-11-7-6-8-12-23)43-36(52)30(20-47)45-37(53)32(40)21(2)3)38(54)44-29(18-24-19-41-26-14-10-9-13-25(24)26)34(50)42-27(39(55)56)15-16-31(48)49/h6-14,19,21-22,27-30,32-33,41,47H,5,15-18,20,40H2,1-4H3,(H,42,50)(H,43,52)(H,44,54)(H,45,53)(H,46,51)(H,48,49)(H,55,56)/t22-,27-,28-,29-,30-,32-,33-/m0/s1. The molecule has 0 bridgehead atoms. The normalized spacial score (nSPS) is 15.0. The third kappa shape index (κ3) is 12.9. The number of aliphatic carboxylic acids is 2. The van der Waals surface area contributed by atoms with Crippen LogP contribution in [-0.2, 0) is 46.4 Å². The Morgan fingerprint density at radius 3 is 1.86 bits per heavy atom. The molecule has 1 heterocycles. The van der Waals surface area contributed by atoms with E-state index in [2.05, 4.69) is 31.6 Å². The number of aromatic nitrogens is 1. The Hall–Kier alpha value is -5.81. The predicted molar refractivity (Wildman–Crippen MR) is 206 cm³/mol. The monoisotopic (exact) mass is 779 g/mol. The van der Waals surface area contributed by atoms with Crippen molar-refractivity contribution in [1.29, 1.82) is 0 Å². The number of amides is 5. The third-order valence-electron chi connectivity index (χ3n) is 9.54. The molecular formula is C39H53N7O10. The number of hydrogen-bond acceptors (Lipinski definition) is 9. The average Bonchev–Trinajstić information content (AvgIpc) is 3.58. The highest BCUT2D eigenvalue weighted by Gasteiger charge is 2.35. The van der Waals surface area contributed by atoms with Crippen LogP contribution in [0.15, 0.2) is 60.8 Å². The zero-order valence-electron chi connectivity index (χ0n) is 31.9. The molecule has 0 aliphatic rings. The second-order valence-corrected chi connectivity index (χ2v) is 14.1. The second-order valence-electron chi connectivity index (χ2n) is 14.1.